The van der Waals surface area contributed by atoms with Gasteiger partial charge in [-0.3, -0.25) is 19.3 Å². The van der Waals surface area contributed by atoms with Gasteiger partial charge in [-0.1, -0.05) is 30.3 Å². The van der Waals surface area contributed by atoms with Crippen LogP contribution in [0.3, 0.4) is 0 Å². The van der Waals surface area contributed by atoms with Crippen LogP contribution in [0.5, 0.6) is 5.75 Å². The van der Waals surface area contributed by atoms with Crippen LogP contribution in [0.2, 0.25) is 0 Å². The molecule has 3 rings (SSSR count). The molecule has 3 amide bonds. The average molecular weight is 460 g/mol. The summed E-state index contributed by atoms with van der Waals surface area (Å²) < 4.78 is 44.4. The summed E-state index contributed by atoms with van der Waals surface area (Å²) in [6, 6.07) is 13.6. The lowest BCUT2D eigenvalue weighted by Crippen LogP contribution is -2.36. The van der Waals surface area contributed by atoms with Gasteiger partial charge in [0.2, 0.25) is 5.91 Å². The number of hydrogen-bond acceptors (Lipinski definition) is 4. The van der Waals surface area contributed by atoms with Gasteiger partial charge < -0.3 is 9.64 Å². The van der Waals surface area contributed by atoms with E-state index in [0.29, 0.717) is 13.0 Å². The van der Waals surface area contributed by atoms with Crippen molar-refractivity contribution in [2.75, 3.05) is 20.1 Å². The highest BCUT2D eigenvalue weighted by molar-refractivity contribution is 6.13. The van der Waals surface area contributed by atoms with Gasteiger partial charge in [0, 0.05) is 45.1 Å². The summed E-state index contributed by atoms with van der Waals surface area (Å²) in [4.78, 5) is 38.1. The largest absolute Gasteiger partial charge is 0.486 e. The molecule has 0 fully saturated rings. The molecule has 0 saturated heterocycles. The number of ether oxygens (including phenoxy) is 1. The van der Waals surface area contributed by atoms with E-state index in [9.17, 15) is 27.6 Å². The van der Waals surface area contributed by atoms with E-state index >= 15 is 0 Å². The topological polar surface area (TPSA) is 66.9 Å². The van der Waals surface area contributed by atoms with Crippen LogP contribution in [0, 0.1) is 0 Å². The van der Waals surface area contributed by atoms with Gasteiger partial charge in [-0.05, 0) is 29.8 Å². The molecule has 2 aromatic carbocycles. The Morgan fingerprint density at radius 3 is 2.18 bits per heavy atom. The van der Waals surface area contributed by atoms with Gasteiger partial charge in [0.15, 0.2) is 0 Å². The maximum absolute atomic E-state index is 12.8. The van der Waals surface area contributed by atoms with Gasteiger partial charge >= 0.3 is 6.18 Å². The fourth-order valence-corrected chi connectivity index (χ4v) is 3.33. The summed E-state index contributed by atoms with van der Waals surface area (Å²) in [5.41, 5.74) is 0.0548. The first kappa shape index (κ1) is 24.0. The highest BCUT2D eigenvalue weighted by atomic mass is 19.4. The molecule has 0 radical (unpaired) electrons. The smallest absolute Gasteiger partial charge is 0.416 e. The van der Waals surface area contributed by atoms with Crippen molar-refractivity contribution in [2.24, 2.45) is 0 Å². The van der Waals surface area contributed by atoms with Crippen LogP contribution < -0.4 is 4.74 Å². The molecule has 1 unspecified atom stereocenters. The number of carbonyl (C=O) groups excluding carboxylic acids is 3. The number of hydrogen-bond donors (Lipinski definition) is 0. The van der Waals surface area contributed by atoms with E-state index in [1.165, 1.54) is 29.2 Å². The third kappa shape index (κ3) is 6.44. The number of imide groups is 1. The van der Waals surface area contributed by atoms with E-state index in [0.717, 1.165) is 22.6 Å². The van der Waals surface area contributed by atoms with Crippen LogP contribution in [0.15, 0.2) is 66.7 Å². The Kier molecular flexibility index (Phi) is 7.52. The lowest BCUT2D eigenvalue weighted by atomic mass is 10.1. The molecular formula is C24H23F3N2O4. The normalized spacial score (nSPS) is 14.5. The Bertz CT molecular complexity index is 1000. The quantitative estimate of drug-likeness (QED) is 0.531. The minimum Gasteiger partial charge on any atom is -0.486 e. The number of carbonyl (C=O) groups is 3. The molecule has 33 heavy (non-hydrogen) atoms. The van der Waals surface area contributed by atoms with Crippen molar-refractivity contribution in [1.29, 1.82) is 0 Å². The molecule has 1 aliphatic rings. The van der Waals surface area contributed by atoms with Gasteiger partial charge in [-0.15, -0.1) is 0 Å². The molecule has 9 heteroatoms. The zero-order chi connectivity index (χ0) is 24.0. The summed E-state index contributed by atoms with van der Waals surface area (Å²) in [6.45, 7) is 0.303. The Morgan fingerprint density at radius 1 is 1.00 bits per heavy atom. The van der Waals surface area contributed by atoms with Crippen LogP contribution in [0.1, 0.15) is 30.1 Å². The molecule has 0 spiro atoms. The Balaban J connectivity index is 1.60. The van der Waals surface area contributed by atoms with E-state index in [2.05, 4.69) is 0 Å². The van der Waals surface area contributed by atoms with Crippen LogP contribution >= 0.6 is 0 Å². The summed E-state index contributed by atoms with van der Waals surface area (Å²) in [5.74, 6) is -0.845. The lowest BCUT2D eigenvalue weighted by Gasteiger charge is -2.24. The molecule has 1 heterocycles. The number of nitrogens with zero attached hydrogens (tertiary/aromatic N) is 2. The molecule has 0 aromatic heterocycles. The van der Waals surface area contributed by atoms with Crippen molar-refractivity contribution >= 4 is 17.7 Å². The van der Waals surface area contributed by atoms with E-state index in [1.54, 1.807) is 7.05 Å². The fraction of sp³-hybridized carbons (Fsp3) is 0.292. The molecule has 174 valence electrons. The summed E-state index contributed by atoms with van der Waals surface area (Å²) in [5, 5.41) is 0. The molecule has 1 aliphatic heterocycles. The van der Waals surface area contributed by atoms with E-state index in [1.807, 2.05) is 30.3 Å². The maximum Gasteiger partial charge on any atom is 0.416 e. The average Bonchev–Trinajstić information content (AvgIpc) is 3.12. The number of benzene rings is 2. The maximum atomic E-state index is 12.8. The second kappa shape index (κ2) is 10.3. The van der Waals surface area contributed by atoms with E-state index in [4.69, 9.17) is 4.74 Å². The molecule has 0 N–H and O–H groups in total. The molecule has 0 bridgehead atoms. The molecule has 2 aromatic rings. The first-order valence-electron chi connectivity index (χ1n) is 10.3. The molecule has 1 atom stereocenters. The highest BCUT2D eigenvalue weighted by Crippen LogP contribution is 2.32. The predicted octanol–water partition coefficient (Wildman–Crippen LogP) is 3.99. The molecule has 0 aliphatic carbocycles. The third-order valence-electron chi connectivity index (χ3n) is 5.23. The Labute approximate surface area is 189 Å². The number of alkyl halides is 3. The van der Waals surface area contributed by atoms with Crippen molar-refractivity contribution in [3.05, 3.63) is 77.9 Å². The number of halogens is 3. The summed E-state index contributed by atoms with van der Waals surface area (Å²) >= 11 is 0. The van der Waals surface area contributed by atoms with Gasteiger partial charge in [-0.2, -0.15) is 13.2 Å². The van der Waals surface area contributed by atoms with Gasteiger partial charge in [0.1, 0.15) is 11.9 Å². The minimum atomic E-state index is -4.43. The second-order valence-corrected chi connectivity index (χ2v) is 7.55. The SMILES string of the molecule is CN(CCC(Oc1ccc(C(F)(F)F)cc1)c1ccccc1)C(=O)CCN1C(=O)C=CC1=O. The first-order chi connectivity index (χ1) is 15.6. The Morgan fingerprint density at radius 2 is 1.61 bits per heavy atom. The molecule has 0 saturated carbocycles. The minimum absolute atomic E-state index is 0.00198. The van der Waals surface area contributed by atoms with Crippen molar-refractivity contribution in [3.8, 4) is 5.75 Å². The van der Waals surface area contributed by atoms with Crippen molar-refractivity contribution in [2.45, 2.75) is 25.1 Å². The summed E-state index contributed by atoms with van der Waals surface area (Å²) in [7, 11) is 1.61. The van der Waals surface area contributed by atoms with Gasteiger partial charge in [-0.25, -0.2) is 0 Å². The van der Waals surface area contributed by atoms with Crippen LogP contribution in [-0.2, 0) is 20.6 Å². The van der Waals surface area contributed by atoms with E-state index < -0.39 is 29.7 Å². The first-order valence-corrected chi connectivity index (χ1v) is 10.3. The monoisotopic (exact) mass is 460 g/mol. The van der Waals surface area contributed by atoms with Crippen molar-refractivity contribution in [1.82, 2.24) is 9.80 Å². The molecular weight excluding hydrogens is 437 g/mol. The standard InChI is InChI=1S/C24H23F3N2O4/c1-28(21(30)14-16-29-22(31)11-12-23(29)32)15-13-20(17-5-3-2-4-6-17)33-19-9-7-18(8-10-19)24(25,26)27/h2-12,20H,13-16H2,1H3. The Hall–Kier alpha value is -3.62. The number of rotatable bonds is 9. The lowest BCUT2D eigenvalue weighted by molar-refractivity contribution is -0.139. The fourth-order valence-electron chi connectivity index (χ4n) is 3.33. The van der Waals surface area contributed by atoms with Gasteiger partial charge in [0.25, 0.3) is 11.8 Å². The molecule has 6 nitrogen and oxygen atoms in total. The third-order valence-corrected chi connectivity index (χ3v) is 5.23. The van der Waals surface area contributed by atoms with Gasteiger partial charge in [0.05, 0.1) is 5.56 Å². The zero-order valence-electron chi connectivity index (χ0n) is 17.9. The van der Waals surface area contributed by atoms with Crippen molar-refractivity contribution < 1.29 is 32.3 Å². The van der Waals surface area contributed by atoms with Crippen LogP contribution in [-0.4, -0.2) is 47.7 Å². The zero-order valence-corrected chi connectivity index (χ0v) is 17.9. The van der Waals surface area contributed by atoms with Crippen molar-refractivity contribution in [3.63, 3.8) is 0 Å². The van der Waals surface area contributed by atoms with Crippen LogP contribution in [0.25, 0.3) is 0 Å². The summed E-state index contributed by atoms with van der Waals surface area (Å²) in [6.07, 6.45) is -2.22. The highest BCUT2D eigenvalue weighted by Gasteiger charge is 2.30. The number of amides is 3. The predicted molar refractivity (Wildman–Crippen MR) is 114 cm³/mol. The second-order valence-electron chi connectivity index (χ2n) is 7.55. The van der Waals surface area contributed by atoms with Crippen LogP contribution in [0.4, 0.5) is 13.2 Å². The van der Waals surface area contributed by atoms with E-state index in [-0.39, 0.29) is 24.6 Å².